The van der Waals surface area contributed by atoms with Crippen molar-refractivity contribution in [3.63, 3.8) is 0 Å². The van der Waals surface area contributed by atoms with Gasteiger partial charge in [-0.05, 0) is 23.3 Å². The zero-order valence-electron chi connectivity index (χ0n) is 11.8. The minimum Gasteiger partial charge on any atom is -0.388 e. The molecule has 24 heavy (non-hydrogen) atoms. The van der Waals surface area contributed by atoms with Crippen molar-refractivity contribution < 1.29 is 31.1 Å². The molecule has 2 aromatic rings. The van der Waals surface area contributed by atoms with Gasteiger partial charge < -0.3 is 4.74 Å². The number of nitrogens with zero attached hydrogens (tertiary/aromatic N) is 1. The summed E-state index contributed by atoms with van der Waals surface area (Å²) in [6, 6.07) is 8.17. The normalized spacial score (nSPS) is 12.5. The number of halogens is 6. The highest BCUT2D eigenvalue weighted by Gasteiger charge is 2.72. The van der Waals surface area contributed by atoms with Gasteiger partial charge >= 0.3 is 12.4 Å². The minimum absolute atomic E-state index is 0.160. The van der Waals surface area contributed by atoms with Crippen LogP contribution in [0.5, 0.6) is 5.75 Å². The number of hydrogen-bond donors (Lipinski definition) is 0. The van der Waals surface area contributed by atoms with Gasteiger partial charge in [-0.2, -0.15) is 26.3 Å². The van der Waals surface area contributed by atoms with Gasteiger partial charge in [-0.3, -0.25) is 0 Å². The molecule has 0 aliphatic carbocycles. The van der Waals surface area contributed by atoms with Crippen LogP contribution in [0.2, 0.25) is 0 Å². The predicted octanol–water partition coefficient (Wildman–Crippen LogP) is 4.96. The number of nitriles is 1. The van der Waals surface area contributed by atoms with Gasteiger partial charge in [-0.1, -0.05) is 42.5 Å². The standard InChI is InChI=1S/C16H9F6NO/c17-15(18,19)14(16(20,21)22,11-4-2-1-3-5-11)12-6-8-13(9-7-12)24-10-23/h1-9H. The summed E-state index contributed by atoms with van der Waals surface area (Å²) in [6.07, 6.45) is -9.98. The Bertz CT molecular complexity index is 714. The van der Waals surface area contributed by atoms with E-state index in [0.717, 1.165) is 36.4 Å². The summed E-state index contributed by atoms with van der Waals surface area (Å²) < 4.78 is 86.5. The third-order valence-corrected chi connectivity index (χ3v) is 3.51. The van der Waals surface area contributed by atoms with Crippen molar-refractivity contribution >= 4 is 0 Å². The first kappa shape index (κ1) is 17.7. The van der Waals surface area contributed by atoms with E-state index < -0.39 is 28.9 Å². The topological polar surface area (TPSA) is 33.0 Å². The Balaban J connectivity index is 2.78. The van der Waals surface area contributed by atoms with Gasteiger partial charge in [0.1, 0.15) is 5.75 Å². The molecule has 0 unspecified atom stereocenters. The molecule has 0 spiro atoms. The lowest BCUT2D eigenvalue weighted by atomic mass is 9.73. The van der Waals surface area contributed by atoms with Crippen LogP contribution in [0.25, 0.3) is 0 Å². The fraction of sp³-hybridized carbons (Fsp3) is 0.188. The van der Waals surface area contributed by atoms with E-state index in [0.29, 0.717) is 12.1 Å². The Hall–Kier alpha value is -2.69. The van der Waals surface area contributed by atoms with Crippen molar-refractivity contribution in [2.24, 2.45) is 0 Å². The second-order valence-electron chi connectivity index (χ2n) is 4.83. The van der Waals surface area contributed by atoms with E-state index in [2.05, 4.69) is 4.74 Å². The largest absolute Gasteiger partial charge is 0.411 e. The second kappa shape index (κ2) is 6.07. The first-order chi connectivity index (χ1) is 11.1. The van der Waals surface area contributed by atoms with Crippen molar-refractivity contribution in [3.8, 4) is 12.0 Å². The fourth-order valence-corrected chi connectivity index (χ4v) is 2.50. The van der Waals surface area contributed by atoms with Crippen LogP contribution in [0, 0.1) is 11.5 Å². The van der Waals surface area contributed by atoms with Gasteiger partial charge in [0.15, 0.2) is 0 Å². The maximum Gasteiger partial charge on any atom is 0.411 e. The molecule has 0 atom stereocenters. The van der Waals surface area contributed by atoms with E-state index in [9.17, 15) is 26.3 Å². The summed E-state index contributed by atoms with van der Waals surface area (Å²) in [5.74, 6) is -0.160. The van der Waals surface area contributed by atoms with Gasteiger partial charge in [0.2, 0.25) is 5.41 Å². The zero-order chi connectivity index (χ0) is 18.0. The molecule has 0 bridgehead atoms. The van der Waals surface area contributed by atoms with Crippen LogP contribution in [0.3, 0.4) is 0 Å². The van der Waals surface area contributed by atoms with Crippen LogP contribution in [-0.2, 0) is 5.41 Å². The molecule has 0 N–H and O–H groups in total. The second-order valence-corrected chi connectivity index (χ2v) is 4.83. The van der Waals surface area contributed by atoms with Crippen molar-refractivity contribution in [2.75, 3.05) is 0 Å². The Labute approximate surface area is 132 Å². The molecule has 2 nitrogen and oxygen atoms in total. The number of benzene rings is 2. The Kier molecular flexibility index (Phi) is 4.47. The van der Waals surface area contributed by atoms with Crippen LogP contribution >= 0.6 is 0 Å². The first-order valence-corrected chi connectivity index (χ1v) is 6.50. The molecule has 0 radical (unpaired) electrons. The monoisotopic (exact) mass is 345 g/mol. The van der Waals surface area contributed by atoms with E-state index in [1.54, 1.807) is 0 Å². The lowest BCUT2D eigenvalue weighted by molar-refractivity contribution is -0.288. The van der Waals surface area contributed by atoms with Crippen molar-refractivity contribution in [1.82, 2.24) is 0 Å². The predicted molar refractivity (Wildman–Crippen MR) is 72.0 cm³/mol. The first-order valence-electron chi connectivity index (χ1n) is 6.50. The molecule has 0 fully saturated rings. The van der Waals surface area contributed by atoms with Crippen LogP contribution in [0.1, 0.15) is 11.1 Å². The highest BCUT2D eigenvalue weighted by molar-refractivity contribution is 5.45. The lowest BCUT2D eigenvalue weighted by Gasteiger charge is -2.38. The fourth-order valence-electron chi connectivity index (χ4n) is 2.50. The molecule has 0 aromatic heterocycles. The summed E-state index contributed by atoms with van der Waals surface area (Å²) in [7, 11) is 0. The molecule has 8 heteroatoms. The molecule has 2 rings (SSSR count). The van der Waals surface area contributed by atoms with Gasteiger partial charge in [0, 0.05) is 0 Å². The van der Waals surface area contributed by atoms with E-state index in [1.165, 1.54) is 12.3 Å². The van der Waals surface area contributed by atoms with Crippen molar-refractivity contribution in [1.29, 1.82) is 5.26 Å². The number of rotatable bonds is 3. The van der Waals surface area contributed by atoms with E-state index >= 15 is 0 Å². The summed E-state index contributed by atoms with van der Waals surface area (Å²) in [6.45, 7) is 0. The molecule has 0 amide bonds. The average molecular weight is 345 g/mol. The summed E-state index contributed by atoms with van der Waals surface area (Å²) in [5, 5.41) is 8.35. The van der Waals surface area contributed by atoms with Gasteiger partial charge in [-0.15, -0.1) is 5.26 Å². The smallest absolute Gasteiger partial charge is 0.388 e. The molecule has 126 valence electrons. The lowest BCUT2D eigenvalue weighted by Crippen LogP contribution is -2.54. The molecule has 0 aliphatic heterocycles. The Morgan fingerprint density at radius 2 is 1.17 bits per heavy atom. The van der Waals surface area contributed by atoms with E-state index in [4.69, 9.17) is 5.26 Å². The molecular weight excluding hydrogens is 336 g/mol. The maximum atomic E-state index is 13.7. The molecule has 0 saturated heterocycles. The van der Waals surface area contributed by atoms with E-state index in [1.807, 2.05) is 0 Å². The maximum absolute atomic E-state index is 13.7. The highest BCUT2D eigenvalue weighted by Crippen LogP contribution is 2.56. The molecule has 2 aromatic carbocycles. The zero-order valence-corrected chi connectivity index (χ0v) is 11.8. The quantitative estimate of drug-likeness (QED) is 0.582. The summed E-state index contributed by atoms with van der Waals surface area (Å²) in [5.41, 5.74) is -6.15. The Morgan fingerprint density at radius 1 is 0.708 bits per heavy atom. The number of alkyl halides is 6. The van der Waals surface area contributed by atoms with Gasteiger partial charge in [-0.25, -0.2) is 0 Å². The van der Waals surface area contributed by atoms with Crippen molar-refractivity contribution in [3.05, 3.63) is 65.7 Å². The van der Waals surface area contributed by atoms with Crippen LogP contribution in [-0.4, -0.2) is 12.4 Å². The molecule has 0 heterocycles. The van der Waals surface area contributed by atoms with Crippen LogP contribution in [0.15, 0.2) is 54.6 Å². The molecular formula is C16H9F6NO. The molecule has 0 saturated carbocycles. The molecule has 0 aliphatic rings. The van der Waals surface area contributed by atoms with E-state index in [-0.39, 0.29) is 5.75 Å². The van der Waals surface area contributed by atoms with Gasteiger partial charge in [0.25, 0.3) is 6.26 Å². The average Bonchev–Trinajstić information content (AvgIpc) is 2.48. The number of ether oxygens (including phenoxy) is 1. The SMILES string of the molecule is N#COc1ccc(C(c2ccccc2)(C(F)(F)F)C(F)(F)F)cc1. The third kappa shape index (κ3) is 2.77. The van der Waals surface area contributed by atoms with Crippen LogP contribution in [0.4, 0.5) is 26.3 Å². The minimum atomic E-state index is -5.63. The third-order valence-electron chi connectivity index (χ3n) is 3.51. The summed E-state index contributed by atoms with van der Waals surface area (Å²) >= 11 is 0. The van der Waals surface area contributed by atoms with Crippen LogP contribution < -0.4 is 4.74 Å². The van der Waals surface area contributed by atoms with Gasteiger partial charge in [0.05, 0.1) is 0 Å². The summed E-state index contributed by atoms with van der Waals surface area (Å²) in [4.78, 5) is 0. The highest BCUT2D eigenvalue weighted by atomic mass is 19.4. The number of hydrogen-bond acceptors (Lipinski definition) is 2. The van der Waals surface area contributed by atoms with Crippen molar-refractivity contribution in [2.45, 2.75) is 17.8 Å². The Morgan fingerprint density at radius 3 is 1.58 bits per heavy atom.